The fourth-order valence-electron chi connectivity index (χ4n) is 3.93. The van der Waals surface area contributed by atoms with Gasteiger partial charge in [0, 0.05) is 5.92 Å². The molecule has 2 fully saturated rings. The van der Waals surface area contributed by atoms with Gasteiger partial charge in [0.25, 0.3) is 0 Å². The van der Waals surface area contributed by atoms with Gasteiger partial charge in [0.05, 0.1) is 6.10 Å². The van der Waals surface area contributed by atoms with Crippen LogP contribution >= 0.6 is 0 Å². The lowest BCUT2D eigenvalue weighted by molar-refractivity contribution is 0.0773. The molecule has 4 aliphatic rings. The summed E-state index contributed by atoms with van der Waals surface area (Å²) in [5, 5.41) is 10.0. The first-order valence-corrected chi connectivity index (χ1v) is 5.63. The second-order valence-corrected chi connectivity index (χ2v) is 5.13. The van der Waals surface area contributed by atoms with Crippen molar-refractivity contribution in [2.45, 2.75) is 30.8 Å². The molecule has 4 aliphatic carbocycles. The maximum atomic E-state index is 10.0. The summed E-state index contributed by atoms with van der Waals surface area (Å²) in [5.41, 5.74) is 3.00. The maximum absolute atomic E-state index is 10.0. The van der Waals surface area contributed by atoms with Crippen molar-refractivity contribution in [1.29, 1.82) is 0 Å². The zero-order valence-corrected chi connectivity index (χ0v) is 8.06. The van der Waals surface area contributed by atoms with Gasteiger partial charge in [-0.1, -0.05) is 24.3 Å². The van der Waals surface area contributed by atoms with Crippen molar-refractivity contribution in [3.63, 3.8) is 0 Å². The number of hydrogen-bond acceptors (Lipinski definition) is 1. The smallest absolute Gasteiger partial charge is 0.0617 e. The number of aliphatic hydroxyl groups excluding tert-OH is 1. The van der Waals surface area contributed by atoms with Crippen molar-refractivity contribution < 1.29 is 5.11 Å². The Kier molecular flexibility index (Phi) is 1.18. The average molecular weight is 186 g/mol. The highest BCUT2D eigenvalue weighted by Crippen LogP contribution is 2.66. The van der Waals surface area contributed by atoms with Crippen LogP contribution in [0.1, 0.15) is 35.8 Å². The second kappa shape index (κ2) is 2.22. The number of hydrogen-bond donors (Lipinski definition) is 1. The molecule has 0 aliphatic heterocycles. The predicted molar refractivity (Wildman–Crippen MR) is 54.1 cm³/mol. The molecule has 72 valence electrons. The van der Waals surface area contributed by atoms with E-state index in [9.17, 15) is 5.11 Å². The first kappa shape index (κ1) is 7.47. The standard InChI is InChI=1S/C13H14O/c14-12-6-10-7-3-1-2-4-8(7)13(12)11-5-9(10)11/h1-4,9-14H,5-6H2/t9-,10+,11-,12-,13+/m1/s1. The van der Waals surface area contributed by atoms with Gasteiger partial charge in [-0.3, -0.25) is 0 Å². The molecule has 0 saturated heterocycles. The molecule has 0 spiro atoms. The maximum Gasteiger partial charge on any atom is 0.0617 e. The van der Waals surface area contributed by atoms with Gasteiger partial charge in [-0.15, -0.1) is 0 Å². The Morgan fingerprint density at radius 3 is 2.64 bits per heavy atom. The molecule has 0 radical (unpaired) electrons. The number of benzene rings is 1. The highest BCUT2D eigenvalue weighted by atomic mass is 16.3. The van der Waals surface area contributed by atoms with E-state index in [1.54, 1.807) is 5.56 Å². The zero-order valence-electron chi connectivity index (χ0n) is 8.06. The van der Waals surface area contributed by atoms with Crippen LogP contribution < -0.4 is 0 Å². The van der Waals surface area contributed by atoms with Gasteiger partial charge in [0.1, 0.15) is 0 Å². The highest BCUT2D eigenvalue weighted by Gasteiger charge is 2.58. The lowest BCUT2D eigenvalue weighted by Gasteiger charge is -2.41. The van der Waals surface area contributed by atoms with Gasteiger partial charge in [-0.2, -0.15) is 0 Å². The first-order chi connectivity index (χ1) is 6.86. The zero-order chi connectivity index (χ0) is 9.28. The van der Waals surface area contributed by atoms with E-state index in [1.807, 2.05) is 0 Å². The molecule has 1 N–H and O–H groups in total. The molecule has 0 unspecified atom stereocenters. The van der Waals surface area contributed by atoms with Crippen molar-refractivity contribution in [1.82, 2.24) is 0 Å². The van der Waals surface area contributed by atoms with Crippen LogP contribution in [0, 0.1) is 11.8 Å². The third-order valence-corrected chi connectivity index (χ3v) is 4.53. The molecule has 1 aromatic rings. The van der Waals surface area contributed by atoms with E-state index < -0.39 is 0 Å². The quantitative estimate of drug-likeness (QED) is 0.659. The van der Waals surface area contributed by atoms with Crippen molar-refractivity contribution in [3.8, 4) is 0 Å². The van der Waals surface area contributed by atoms with Crippen LogP contribution in [0.5, 0.6) is 0 Å². The Bertz CT molecular complexity index is 396. The fourth-order valence-corrected chi connectivity index (χ4v) is 3.93. The van der Waals surface area contributed by atoms with Crippen LogP contribution in [-0.2, 0) is 0 Å². The Balaban J connectivity index is 1.96. The minimum atomic E-state index is -0.0568. The van der Waals surface area contributed by atoms with E-state index in [0.29, 0.717) is 11.8 Å². The van der Waals surface area contributed by atoms with E-state index in [0.717, 1.165) is 18.3 Å². The number of rotatable bonds is 0. The molecule has 1 nitrogen and oxygen atoms in total. The molecular formula is C13H14O. The Hall–Kier alpha value is -0.820. The minimum absolute atomic E-state index is 0.0568. The minimum Gasteiger partial charge on any atom is -0.392 e. The molecule has 14 heavy (non-hydrogen) atoms. The third-order valence-electron chi connectivity index (χ3n) is 4.53. The Labute approximate surface area is 83.8 Å². The molecule has 1 aromatic carbocycles. The van der Waals surface area contributed by atoms with Crippen molar-refractivity contribution in [2.24, 2.45) is 11.8 Å². The van der Waals surface area contributed by atoms with Crippen molar-refractivity contribution in [2.75, 3.05) is 0 Å². The number of aliphatic hydroxyl groups is 1. The topological polar surface area (TPSA) is 20.2 Å². The monoisotopic (exact) mass is 186 g/mol. The van der Waals surface area contributed by atoms with Crippen molar-refractivity contribution in [3.05, 3.63) is 35.4 Å². The summed E-state index contributed by atoms with van der Waals surface area (Å²) in [6.45, 7) is 0. The molecular weight excluding hydrogens is 172 g/mol. The van der Waals surface area contributed by atoms with Crippen LogP contribution in [-0.4, -0.2) is 11.2 Å². The summed E-state index contributed by atoms with van der Waals surface area (Å²) >= 11 is 0. The second-order valence-electron chi connectivity index (χ2n) is 5.13. The summed E-state index contributed by atoms with van der Waals surface area (Å²) in [6, 6.07) is 8.75. The number of fused-ring (bicyclic) bond motifs is 1. The summed E-state index contributed by atoms with van der Waals surface area (Å²) in [5.74, 6) is 2.88. The SMILES string of the molecule is O[C@@H]1C[C@H]2c3ccccc3[C@H]1[C@@H]1C[C@@H]12. The summed E-state index contributed by atoms with van der Waals surface area (Å²) < 4.78 is 0. The van der Waals surface area contributed by atoms with E-state index in [2.05, 4.69) is 24.3 Å². The van der Waals surface area contributed by atoms with Gasteiger partial charge < -0.3 is 5.11 Å². The van der Waals surface area contributed by atoms with Crippen LogP contribution in [0.4, 0.5) is 0 Å². The van der Waals surface area contributed by atoms with Gasteiger partial charge in [-0.25, -0.2) is 0 Å². The summed E-state index contributed by atoms with van der Waals surface area (Å²) in [4.78, 5) is 0. The predicted octanol–water partition coefficient (Wildman–Crippen LogP) is 2.27. The molecule has 5 atom stereocenters. The fraction of sp³-hybridized carbons (Fsp3) is 0.538. The molecule has 2 bridgehead atoms. The molecule has 0 amide bonds. The molecule has 0 aromatic heterocycles. The summed E-state index contributed by atoms with van der Waals surface area (Å²) in [6.07, 6.45) is 2.32. The van der Waals surface area contributed by atoms with Gasteiger partial charge in [0.15, 0.2) is 0 Å². The van der Waals surface area contributed by atoms with Crippen molar-refractivity contribution >= 4 is 0 Å². The normalized spacial score (nSPS) is 47.1. The Morgan fingerprint density at radius 1 is 1.00 bits per heavy atom. The molecule has 1 heteroatoms. The lowest BCUT2D eigenvalue weighted by Crippen LogP contribution is -2.35. The van der Waals surface area contributed by atoms with E-state index >= 15 is 0 Å². The van der Waals surface area contributed by atoms with E-state index in [4.69, 9.17) is 0 Å². The van der Waals surface area contributed by atoms with Crippen LogP contribution in [0.2, 0.25) is 0 Å². The summed E-state index contributed by atoms with van der Waals surface area (Å²) in [7, 11) is 0. The third kappa shape index (κ3) is 0.718. The van der Waals surface area contributed by atoms with Crippen LogP contribution in [0.3, 0.4) is 0 Å². The highest BCUT2D eigenvalue weighted by molar-refractivity contribution is 5.44. The largest absolute Gasteiger partial charge is 0.392 e. The van der Waals surface area contributed by atoms with E-state index in [-0.39, 0.29) is 6.10 Å². The Morgan fingerprint density at radius 2 is 1.79 bits per heavy atom. The van der Waals surface area contributed by atoms with Gasteiger partial charge in [0.2, 0.25) is 0 Å². The molecule has 2 saturated carbocycles. The average Bonchev–Trinajstić information content (AvgIpc) is 2.98. The van der Waals surface area contributed by atoms with Gasteiger partial charge in [-0.05, 0) is 41.7 Å². The van der Waals surface area contributed by atoms with E-state index in [1.165, 1.54) is 12.0 Å². The van der Waals surface area contributed by atoms with Crippen LogP contribution in [0.25, 0.3) is 0 Å². The molecule has 0 heterocycles. The molecule has 5 rings (SSSR count). The van der Waals surface area contributed by atoms with Crippen LogP contribution in [0.15, 0.2) is 24.3 Å². The first-order valence-electron chi connectivity index (χ1n) is 5.63. The van der Waals surface area contributed by atoms with Gasteiger partial charge >= 0.3 is 0 Å². The lowest BCUT2D eigenvalue weighted by atomic mass is 9.66.